The summed E-state index contributed by atoms with van der Waals surface area (Å²) in [6.07, 6.45) is 4.02. The summed E-state index contributed by atoms with van der Waals surface area (Å²) in [4.78, 5) is 10.6. The number of amides is 1. The molecule has 0 radical (unpaired) electrons. The highest BCUT2D eigenvalue weighted by atomic mass is 16.2. The summed E-state index contributed by atoms with van der Waals surface area (Å²) in [6.45, 7) is 10.1. The van der Waals surface area contributed by atoms with Crippen LogP contribution in [0.25, 0.3) is 0 Å². The Morgan fingerprint density at radius 2 is 1.80 bits per heavy atom. The van der Waals surface area contributed by atoms with Gasteiger partial charge in [-0.15, -0.1) is 0 Å². The third-order valence-corrected chi connectivity index (χ3v) is 0.818. The Hall–Kier alpha value is -1.51. The molecule has 0 aliphatic rings. The van der Waals surface area contributed by atoms with Gasteiger partial charge in [-0.05, 0) is 6.08 Å². The molecule has 0 aromatic rings. The quantitative estimate of drug-likeness (QED) is 0.460. The maximum absolute atomic E-state index is 10.6. The van der Waals surface area contributed by atoms with Crippen molar-refractivity contribution in [3.63, 3.8) is 0 Å². The Labute approximate surface area is 60.3 Å². The van der Waals surface area contributed by atoms with Crippen molar-refractivity contribution in [2.24, 2.45) is 0 Å². The molecule has 54 valence electrons. The van der Waals surface area contributed by atoms with Gasteiger partial charge in [-0.1, -0.05) is 19.7 Å². The SMILES string of the molecule is C=CC(=O)NN(C=C)C=C. The fourth-order valence-corrected chi connectivity index (χ4v) is 0.339. The number of nitrogens with zero attached hydrogens (tertiary/aromatic N) is 1. The summed E-state index contributed by atoms with van der Waals surface area (Å²) >= 11 is 0. The van der Waals surface area contributed by atoms with Crippen LogP contribution in [0.1, 0.15) is 0 Å². The van der Waals surface area contributed by atoms with E-state index in [1.807, 2.05) is 0 Å². The lowest BCUT2D eigenvalue weighted by molar-refractivity contribution is -0.119. The zero-order valence-electron chi connectivity index (χ0n) is 5.71. The predicted molar refractivity (Wildman–Crippen MR) is 40.6 cm³/mol. The number of carbonyl (C=O) groups excluding carboxylic acids is 1. The van der Waals surface area contributed by atoms with Gasteiger partial charge in [0.05, 0.1) is 0 Å². The van der Waals surface area contributed by atoms with Crippen molar-refractivity contribution in [1.29, 1.82) is 0 Å². The van der Waals surface area contributed by atoms with Gasteiger partial charge in [-0.25, -0.2) is 0 Å². The standard InChI is InChI=1S/C7H10N2O/c1-4-7(10)8-9(5-2)6-3/h4-6H,1-3H2,(H,8,10). The van der Waals surface area contributed by atoms with Crippen LogP contribution in [0.5, 0.6) is 0 Å². The second-order valence-electron chi connectivity index (χ2n) is 1.45. The number of rotatable bonds is 4. The fraction of sp³-hybridized carbons (Fsp3) is 0. The zero-order chi connectivity index (χ0) is 7.98. The van der Waals surface area contributed by atoms with Gasteiger partial charge in [0.15, 0.2) is 0 Å². The van der Waals surface area contributed by atoms with Crippen molar-refractivity contribution < 1.29 is 4.79 Å². The molecule has 3 heteroatoms. The molecule has 0 aliphatic heterocycles. The Morgan fingerprint density at radius 3 is 2.10 bits per heavy atom. The molecule has 0 spiro atoms. The van der Waals surface area contributed by atoms with Crippen LogP contribution in [0.3, 0.4) is 0 Å². The van der Waals surface area contributed by atoms with Crippen molar-refractivity contribution in [1.82, 2.24) is 10.4 Å². The average molecular weight is 138 g/mol. The van der Waals surface area contributed by atoms with E-state index in [1.165, 1.54) is 23.5 Å². The van der Waals surface area contributed by atoms with Gasteiger partial charge in [-0.2, -0.15) is 0 Å². The summed E-state index contributed by atoms with van der Waals surface area (Å²) < 4.78 is 0. The predicted octanol–water partition coefficient (Wildman–Crippen LogP) is 0.793. The summed E-state index contributed by atoms with van der Waals surface area (Å²) in [5.41, 5.74) is 2.41. The normalized spacial score (nSPS) is 7.60. The van der Waals surface area contributed by atoms with E-state index in [1.54, 1.807) is 0 Å². The smallest absolute Gasteiger partial charge is 0.262 e. The number of nitrogens with one attached hydrogen (secondary N) is 1. The number of carbonyl (C=O) groups is 1. The molecule has 0 aliphatic carbocycles. The first-order valence-corrected chi connectivity index (χ1v) is 2.71. The molecule has 3 nitrogen and oxygen atoms in total. The molecule has 0 rings (SSSR count). The summed E-state index contributed by atoms with van der Waals surface area (Å²) in [5.74, 6) is -0.292. The highest BCUT2D eigenvalue weighted by Gasteiger charge is 1.93. The van der Waals surface area contributed by atoms with Crippen molar-refractivity contribution in [2.75, 3.05) is 0 Å². The Morgan fingerprint density at radius 1 is 1.30 bits per heavy atom. The third kappa shape index (κ3) is 2.71. The highest BCUT2D eigenvalue weighted by Crippen LogP contribution is 1.81. The van der Waals surface area contributed by atoms with E-state index in [0.29, 0.717) is 0 Å². The van der Waals surface area contributed by atoms with Gasteiger partial charge in [-0.3, -0.25) is 15.2 Å². The molecule has 0 heterocycles. The fourth-order valence-electron chi connectivity index (χ4n) is 0.339. The first-order chi connectivity index (χ1) is 4.74. The van der Waals surface area contributed by atoms with Gasteiger partial charge >= 0.3 is 0 Å². The van der Waals surface area contributed by atoms with E-state index in [2.05, 4.69) is 25.2 Å². The molecule has 0 fully saturated rings. The Bertz CT molecular complexity index is 155. The lowest BCUT2D eigenvalue weighted by Gasteiger charge is -2.13. The van der Waals surface area contributed by atoms with Crippen LogP contribution in [-0.4, -0.2) is 10.9 Å². The van der Waals surface area contributed by atoms with Crippen LogP contribution in [-0.2, 0) is 4.79 Å². The number of hydrazine groups is 1. The zero-order valence-corrected chi connectivity index (χ0v) is 5.71. The van der Waals surface area contributed by atoms with Crippen LogP contribution in [0, 0.1) is 0 Å². The maximum Gasteiger partial charge on any atom is 0.262 e. The van der Waals surface area contributed by atoms with E-state index in [-0.39, 0.29) is 5.91 Å². The number of hydrogen-bond donors (Lipinski definition) is 1. The third-order valence-electron chi connectivity index (χ3n) is 0.818. The molecule has 10 heavy (non-hydrogen) atoms. The minimum absolute atomic E-state index is 0.292. The monoisotopic (exact) mass is 138 g/mol. The van der Waals surface area contributed by atoms with Crippen LogP contribution >= 0.6 is 0 Å². The molecule has 0 unspecified atom stereocenters. The van der Waals surface area contributed by atoms with Crippen LogP contribution in [0.2, 0.25) is 0 Å². The van der Waals surface area contributed by atoms with E-state index in [4.69, 9.17) is 0 Å². The maximum atomic E-state index is 10.6. The van der Waals surface area contributed by atoms with E-state index < -0.39 is 0 Å². The molecule has 1 amide bonds. The topological polar surface area (TPSA) is 32.3 Å². The molecular weight excluding hydrogens is 128 g/mol. The molecule has 0 aromatic heterocycles. The van der Waals surface area contributed by atoms with Gasteiger partial charge in [0.2, 0.25) is 0 Å². The molecule has 0 saturated heterocycles. The first-order valence-electron chi connectivity index (χ1n) is 2.71. The van der Waals surface area contributed by atoms with E-state index >= 15 is 0 Å². The highest BCUT2D eigenvalue weighted by molar-refractivity contribution is 5.86. The van der Waals surface area contributed by atoms with Crippen LogP contribution in [0.4, 0.5) is 0 Å². The average Bonchev–Trinajstić information content (AvgIpc) is 1.99. The molecule has 0 atom stereocenters. The summed E-state index contributed by atoms with van der Waals surface area (Å²) in [7, 11) is 0. The van der Waals surface area contributed by atoms with Crippen LogP contribution < -0.4 is 5.43 Å². The molecule has 0 aromatic carbocycles. The van der Waals surface area contributed by atoms with Gasteiger partial charge < -0.3 is 0 Å². The minimum atomic E-state index is -0.292. The summed E-state index contributed by atoms with van der Waals surface area (Å²) in [6, 6.07) is 0. The second-order valence-corrected chi connectivity index (χ2v) is 1.45. The summed E-state index contributed by atoms with van der Waals surface area (Å²) in [5, 5.41) is 1.34. The molecule has 0 bridgehead atoms. The van der Waals surface area contributed by atoms with E-state index in [0.717, 1.165) is 0 Å². The van der Waals surface area contributed by atoms with Crippen LogP contribution in [0.15, 0.2) is 38.2 Å². The molecule has 0 saturated carbocycles. The Kier molecular flexibility index (Phi) is 3.72. The van der Waals surface area contributed by atoms with Gasteiger partial charge in [0, 0.05) is 12.4 Å². The van der Waals surface area contributed by atoms with Crippen molar-refractivity contribution >= 4 is 5.91 Å². The van der Waals surface area contributed by atoms with Crippen molar-refractivity contribution in [2.45, 2.75) is 0 Å². The minimum Gasteiger partial charge on any atom is -0.269 e. The van der Waals surface area contributed by atoms with Gasteiger partial charge in [0.1, 0.15) is 0 Å². The second kappa shape index (κ2) is 4.38. The lowest BCUT2D eigenvalue weighted by atomic mass is 10.6. The lowest BCUT2D eigenvalue weighted by Crippen LogP contribution is -2.32. The largest absolute Gasteiger partial charge is 0.269 e. The van der Waals surface area contributed by atoms with Crippen molar-refractivity contribution in [3.8, 4) is 0 Å². The number of hydrogen-bond acceptors (Lipinski definition) is 2. The van der Waals surface area contributed by atoms with Gasteiger partial charge in [0.25, 0.3) is 5.91 Å². The van der Waals surface area contributed by atoms with E-state index in [9.17, 15) is 4.79 Å². The molecular formula is C7H10N2O. The Balaban J connectivity index is 3.84. The first kappa shape index (κ1) is 8.49. The van der Waals surface area contributed by atoms with Crippen molar-refractivity contribution in [3.05, 3.63) is 38.2 Å². The molecule has 1 N–H and O–H groups in total.